The van der Waals surface area contributed by atoms with Crippen molar-refractivity contribution < 1.29 is 9.53 Å². The first-order valence-corrected chi connectivity index (χ1v) is 12.0. The van der Waals surface area contributed by atoms with Gasteiger partial charge >= 0.3 is 6.09 Å². The molecule has 0 spiro atoms. The SMILES string of the molecule is CC1(C)OC(=O)N([C@H]2CC=C(c3cnc4ccn(-c5ncccn5)c4c3)CC2)[C@H]1c1ccccc1. The van der Waals surface area contributed by atoms with E-state index in [0.29, 0.717) is 5.95 Å². The molecule has 1 aliphatic carbocycles. The van der Waals surface area contributed by atoms with E-state index in [4.69, 9.17) is 4.74 Å². The van der Waals surface area contributed by atoms with Gasteiger partial charge < -0.3 is 4.74 Å². The third kappa shape index (κ3) is 3.77. The molecule has 1 saturated heterocycles. The van der Waals surface area contributed by atoms with Crippen LogP contribution in [-0.4, -0.2) is 42.2 Å². The second kappa shape index (κ2) is 8.34. The van der Waals surface area contributed by atoms with Crippen LogP contribution in [0.3, 0.4) is 0 Å². The number of benzene rings is 1. The van der Waals surface area contributed by atoms with Crippen LogP contribution in [0.25, 0.3) is 22.6 Å². The molecule has 35 heavy (non-hydrogen) atoms. The van der Waals surface area contributed by atoms with Gasteiger partial charge in [0, 0.05) is 30.8 Å². The van der Waals surface area contributed by atoms with E-state index in [1.165, 1.54) is 5.57 Å². The lowest BCUT2D eigenvalue weighted by Gasteiger charge is -2.36. The number of carbonyl (C=O) groups excluding carboxylic acids is 1. The third-order valence-corrected chi connectivity index (χ3v) is 7.07. The maximum absolute atomic E-state index is 13.0. The summed E-state index contributed by atoms with van der Waals surface area (Å²) < 4.78 is 7.79. The maximum Gasteiger partial charge on any atom is 0.411 e. The predicted octanol–water partition coefficient (Wildman–Crippen LogP) is 5.72. The first kappa shape index (κ1) is 21.5. The molecule has 176 valence electrons. The van der Waals surface area contributed by atoms with E-state index in [1.807, 2.05) is 66.0 Å². The fourth-order valence-electron chi connectivity index (χ4n) is 5.44. The van der Waals surface area contributed by atoms with E-state index in [9.17, 15) is 4.79 Å². The lowest BCUT2D eigenvalue weighted by Crippen LogP contribution is -2.41. The summed E-state index contributed by atoms with van der Waals surface area (Å²) >= 11 is 0. The van der Waals surface area contributed by atoms with Gasteiger partial charge in [0.15, 0.2) is 0 Å². The highest BCUT2D eigenvalue weighted by Gasteiger charge is 2.50. The Labute approximate surface area is 204 Å². The standard InChI is InChI=1S/C28H27N5O2/c1-28(2)25(20-7-4-3-5-8-20)33(27(34)35-28)22-11-9-19(10-12-22)21-17-24-23(31-18-21)13-16-32(24)26-29-14-6-15-30-26/h3-9,13-18,22,25H,10-12H2,1-2H3/t22-,25-/m0/s1. The Kier molecular flexibility index (Phi) is 5.13. The summed E-state index contributed by atoms with van der Waals surface area (Å²) in [7, 11) is 0. The van der Waals surface area contributed by atoms with E-state index < -0.39 is 5.60 Å². The van der Waals surface area contributed by atoms with Crippen LogP contribution in [0.15, 0.2) is 79.4 Å². The molecule has 0 radical (unpaired) electrons. The summed E-state index contributed by atoms with van der Waals surface area (Å²) in [5, 5.41) is 0. The topological polar surface area (TPSA) is 73.1 Å². The average Bonchev–Trinajstić information content (AvgIpc) is 3.41. The maximum atomic E-state index is 13.0. The highest BCUT2D eigenvalue weighted by Crippen LogP contribution is 2.45. The summed E-state index contributed by atoms with van der Waals surface area (Å²) in [4.78, 5) is 28.4. The number of carbonyl (C=O) groups is 1. The van der Waals surface area contributed by atoms with E-state index in [0.717, 1.165) is 41.4 Å². The number of hydrogen-bond donors (Lipinski definition) is 0. The molecule has 0 saturated carbocycles. The van der Waals surface area contributed by atoms with Crippen molar-refractivity contribution in [3.8, 4) is 5.95 Å². The van der Waals surface area contributed by atoms with Gasteiger partial charge in [-0.05, 0) is 68.0 Å². The fraction of sp³-hybridized carbons (Fsp3) is 0.286. The van der Waals surface area contributed by atoms with Gasteiger partial charge in [-0.1, -0.05) is 36.4 Å². The molecule has 2 aliphatic rings. The molecule has 4 aromatic rings. The van der Waals surface area contributed by atoms with E-state index in [1.54, 1.807) is 12.4 Å². The van der Waals surface area contributed by atoms with Gasteiger partial charge in [-0.2, -0.15) is 0 Å². The highest BCUT2D eigenvalue weighted by atomic mass is 16.6. The zero-order valence-corrected chi connectivity index (χ0v) is 19.8. The number of fused-ring (bicyclic) bond motifs is 1. The van der Waals surface area contributed by atoms with Crippen molar-refractivity contribution in [1.82, 2.24) is 24.4 Å². The first-order valence-electron chi connectivity index (χ1n) is 12.0. The molecule has 1 amide bonds. The predicted molar refractivity (Wildman–Crippen MR) is 134 cm³/mol. The molecule has 0 N–H and O–H groups in total. The second-order valence-corrected chi connectivity index (χ2v) is 9.71. The number of nitrogens with zero attached hydrogens (tertiary/aromatic N) is 5. The number of aromatic nitrogens is 4. The minimum Gasteiger partial charge on any atom is -0.441 e. The van der Waals surface area contributed by atoms with Gasteiger partial charge in [-0.3, -0.25) is 14.5 Å². The van der Waals surface area contributed by atoms with Gasteiger partial charge in [0.25, 0.3) is 0 Å². The molecular formula is C28H27N5O2. The Morgan fingerprint density at radius 2 is 1.83 bits per heavy atom. The molecule has 0 bridgehead atoms. The van der Waals surface area contributed by atoms with Crippen LogP contribution in [0.2, 0.25) is 0 Å². The smallest absolute Gasteiger partial charge is 0.411 e. The Hall–Kier alpha value is -4.00. The van der Waals surface area contributed by atoms with Gasteiger partial charge in [0.05, 0.1) is 17.1 Å². The lowest BCUT2D eigenvalue weighted by molar-refractivity contribution is 0.0668. The Balaban J connectivity index is 1.28. The van der Waals surface area contributed by atoms with Crippen LogP contribution in [0.1, 0.15) is 50.3 Å². The second-order valence-electron chi connectivity index (χ2n) is 9.71. The van der Waals surface area contributed by atoms with Crippen molar-refractivity contribution in [1.29, 1.82) is 0 Å². The van der Waals surface area contributed by atoms with Crippen molar-refractivity contribution >= 4 is 22.7 Å². The van der Waals surface area contributed by atoms with Crippen LogP contribution in [0.4, 0.5) is 4.79 Å². The van der Waals surface area contributed by atoms with Crippen molar-refractivity contribution in [2.45, 2.75) is 50.8 Å². The van der Waals surface area contributed by atoms with Gasteiger partial charge in [0.1, 0.15) is 5.60 Å². The van der Waals surface area contributed by atoms with Crippen molar-refractivity contribution in [2.75, 3.05) is 0 Å². The molecule has 7 nitrogen and oxygen atoms in total. The van der Waals surface area contributed by atoms with Gasteiger partial charge in [-0.25, -0.2) is 14.8 Å². The number of pyridine rings is 1. The van der Waals surface area contributed by atoms with Crippen molar-refractivity contribution in [2.24, 2.45) is 0 Å². The molecule has 7 heteroatoms. The Morgan fingerprint density at radius 1 is 1.03 bits per heavy atom. The monoisotopic (exact) mass is 465 g/mol. The minimum atomic E-state index is -0.581. The molecule has 6 rings (SSSR count). The number of ether oxygens (including phenoxy) is 1. The summed E-state index contributed by atoms with van der Waals surface area (Å²) in [6.45, 7) is 4.00. The molecule has 1 aliphatic heterocycles. The molecule has 3 aromatic heterocycles. The van der Waals surface area contributed by atoms with Crippen LogP contribution in [0.5, 0.6) is 0 Å². The largest absolute Gasteiger partial charge is 0.441 e. The molecule has 2 atom stereocenters. The van der Waals surface area contributed by atoms with E-state index in [-0.39, 0.29) is 18.2 Å². The van der Waals surface area contributed by atoms with Crippen LogP contribution >= 0.6 is 0 Å². The van der Waals surface area contributed by atoms with E-state index in [2.05, 4.69) is 39.2 Å². The molecular weight excluding hydrogens is 438 g/mol. The van der Waals surface area contributed by atoms with Crippen LogP contribution < -0.4 is 0 Å². The fourth-order valence-corrected chi connectivity index (χ4v) is 5.44. The van der Waals surface area contributed by atoms with E-state index >= 15 is 0 Å². The van der Waals surface area contributed by atoms with Gasteiger partial charge in [-0.15, -0.1) is 0 Å². The Morgan fingerprint density at radius 3 is 2.57 bits per heavy atom. The molecule has 0 unspecified atom stereocenters. The molecule has 1 aromatic carbocycles. The highest BCUT2D eigenvalue weighted by molar-refractivity contribution is 5.82. The van der Waals surface area contributed by atoms with Crippen molar-refractivity contribution in [3.05, 3.63) is 90.5 Å². The zero-order chi connectivity index (χ0) is 24.0. The third-order valence-electron chi connectivity index (χ3n) is 7.07. The van der Waals surface area contributed by atoms with Gasteiger partial charge in [0.2, 0.25) is 5.95 Å². The molecule has 4 heterocycles. The normalized spacial score (nSPS) is 21.7. The first-order chi connectivity index (χ1) is 17.0. The summed E-state index contributed by atoms with van der Waals surface area (Å²) in [6, 6.07) is 16.1. The van der Waals surface area contributed by atoms with Crippen LogP contribution in [-0.2, 0) is 4.74 Å². The number of allylic oxidation sites excluding steroid dienone is 1. The lowest BCUT2D eigenvalue weighted by atomic mass is 9.86. The average molecular weight is 466 g/mol. The summed E-state index contributed by atoms with van der Waals surface area (Å²) in [6.07, 6.45) is 11.9. The Bertz CT molecular complexity index is 1410. The number of rotatable bonds is 4. The summed E-state index contributed by atoms with van der Waals surface area (Å²) in [5.41, 5.74) is 4.75. The number of amides is 1. The number of cyclic esters (lactones) is 1. The quantitative estimate of drug-likeness (QED) is 0.385. The zero-order valence-electron chi connectivity index (χ0n) is 19.8. The minimum absolute atomic E-state index is 0.0940. The van der Waals surface area contributed by atoms with Crippen molar-refractivity contribution in [3.63, 3.8) is 0 Å². The molecule has 1 fully saturated rings. The van der Waals surface area contributed by atoms with Crippen LogP contribution in [0, 0.1) is 0 Å². The number of hydrogen-bond acceptors (Lipinski definition) is 5. The summed E-state index contributed by atoms with van der Waals surface area (Å²) in [5.74, 6) is 0.626.